The first-order chi connectivity index (χ1) is 7.72. The van der Waals surface area contributed by atoms with Crippen molar-refractivity contribution in [2.45, 2.75) is 38.3 Å². The molecule has 0 saturated carbocycles. The van der Waals surface area contributed by atoms with Crippen molar-refractivity contribution in [1.29, 1.82) is 0 Å². The summed E-state index contributed by atoms with van der Waals surface area (Å²) in [6.45, 7) is 6.20. The van der Waals surface area contributed by atoms with Gasteiger partial charge < -0.3 is 10.2 Å². The number of nitrogens with zero attached hydrogens (tertiary/aromatic N) is 2. The first-order valence-electron chi connectivity index (χ1n) is 6.40. The van der Waals surface area contributed by atoms with E-state index in [1.165, 1.54) is 19.4 Å². The van der Waals surface area contributed by atoms with Crippen LogP contribution < -0.4 is 5.32 Å². The Kier molecular flexibility index (Phi) is 3.82. The minimum Gasteiger partial charge on any atom is -0.337 e. The van der Waals surface area contributed by atoms with Crippen molar-refractivity contribution >= 4 is 5.91 Å². The molecular weight excluding hydrogens is 202 g/mol. The molecule has 0 aromatic heterocycles. The molecule has 2 saturated heterocycles. The van der Waals surface area contributed by atoms with Gasteiger partial charge in [-0.1, -0.05) is 0 Å². The van der Waals surface area contributed by atoms with E-state index >= 15 is 0 Å². The number of carbonyl (C=O) groups is 1. The highest BCUT2D eigenvalue weighted by molar-refractivity contribution is 5.77. The third-order valence-corrected chi connectivity index (χ3v) is 3.85. The zero-order valence-corrected chi connectivity index (χ0v) is 10.4. The van der Waals surface area contributed by atoms with Crippen LogP contribution >= 0.6 is 0 Å². The van der Waals surface area contributed by atoms with Crippen LogP contribution in [0.1, 0.15) is 26.2 Å². The fraction of sp³-hybridized carbons (Fsp3) is 0.917. The Morgan fingerprint density at radius 1 is 1.44 bits per heavy atom. The van der Waals surface area contributed by atoms with Gasteiger partial charge in [0.05, 0.1) is 0 Å². The molecule has 4 heteroatoms. The molecule has 16 heavy (non-hydrogen) atoms. The highest BCUT2D eigenvalue weighted by Gasteiger charge is 2.35. The number of fused-ring (bicyclic) bond motifs is 1. The summed E-state index contributed by atoms with van der Waals surface area (Å²) in [7, 11) is 1.89. The van der Waals surface area contributed by atoms with Crippen LogP contribution in [0.4, 0.5) is 0 Å². The largest absolute Gasteiger partial charge is 0.337 e. The third-order valence-electron chi connectivity index (χ3n) is 3.85. The number of carbonyl (C=O) groups excluding carboxylic acids is 1. The number of hydrogen-bond donors (Lipinski definition) is 1. The predicted octanol–water partition coefficient (Wildman–Crippen LogP) is 0.291. The Hall–Kier alpha value is -0.610. The summed E-state index contributed by atoms with van der Waals surface area (Å²) in [6.07, 6.45) is 3.20. The van der Waals surface area contributed by atoms with Crippen molar-refractivity contribution in [3.8, 4) is 0 Å². The number of rotatable bonds is 3. The van der Waals surface area contributed by atoms with E-state index in [1.807, 2.05) is 7.05 Å². The average Bonchev–Trinajstić information content (AvgIpc) is 2.71. The molecule has 2 aliphatic rings. The fourth-order valence-electron chi connectivity index (χ4n) is 2.91. The summed E-state index contributed by atoms with van der Waals surface area (Å²) < 4.78 is 0. The van der Waals surface area contributed by atoms with E-state index in [0.717, 1.165) is 19.6 Å². The second-order valence-corrected chi connectivity index (χ2v) is 5.04. The number of nitrogens with one attached hydrogen (secondary N) is 1. The lowest BCUT2D eigenvalue weighted by molar-refractivity contribution is -0.136. The normalized spacial score (nSPS) is 30.5. The first kappa shape index (κ1) is 11.9. The Morgan fingerprint density at radius 3 is 3.00 bits per heavy atom. The van der Waals surface area contributed by atoms with Crippen LogP contribution in [0, 0.1) is 0 Å². The molecule has 0 aromatic rings. The molecule has 0 spiro atoms. The molecule has 1 N–H and O–H groups in total. The van der Waals surface area contributed by atoms with Crippen molar-refractivity contribution < 1.29 is 4.79 Å². The lowest BCUT2D eigenvalue weighted by Gasteiger charge is -2.42. The molecule has 2 fully saturated rings. The van der Waals surface area contributed by atoms with Crippen molar-refractivity contribution in [2.75, 3.05) is 33.2 Å². The lowest BCUT2D eigenvalue weighted by Crippen LogP contribution is -2.56. The minimum absolute atomic E-state index is 0.313. The molecule has 1 amide bonds. The summed E-state index contributed by atoms with van der Waals surface area (Å²) in [6, 6.07) is 1.02. The van der Waals surface area contributed by atoms with E-state index in [2.05, 4.69) is 22.0 Å². The molecule has 2 aliphatic heterocycles. The zero-order chi connectivity index (χ0) is 11.5. The van der Waals surface area contributed by atoms with Gasteiger partial charge >= 0.3 is 0 Å². The Morgan fingerprint density at radius 2 is 2.25 bits per heavy atom. The van der Waals surface area contributed by atoms with Gasteiger partial charge in [-0.3, -0.25) is 9.69 Å². The molecule has 0 aromatic carbocycles. The fourth-order valence-corrected chi connectivity index (χ4v) is 2.91. The zero-order valence-electron chi connectivity index (χ0n) is 10.4. The molecule has 0 bridgehead atoms. The van der Waals surface area contributed by atoms with Crippen LogP contribution in [0.15, 0.2) is 0 Å². The third kappa shape index (κ3) is 2.38. The minimum atomic E-state index is 0.313. The molecule has 2 unspecified atom stereocenters. The highest BCUT2D eigenvalue weighted by atomic mass is 16.2. The second kappa shape index (κ2) is 5.15. The maximum atomic E-state index is 12.0. The van der Waals surface area contributed by atoms with Gasteiger partial charge in [0.15, 0.2) is 0 Å². The average molecular weight is 225 g/mol. The van der Waals surface area contributed by atoms with Crippen molar-refractivity contribution in [1.82, 2.24) is 15.1 Å². The van der Waals surface area contributed by atoms with E-state index in [9.17, 15) is 4.79 Å². The van der Waals surface area contributed by atoms with Gasteiger partial charge in [-0.15, -0.1) is 0 Å². The lowest BCUT2D eigenvalue weighted by atomic mass is 10.1. The van der Waals surface area contributed by atoms with Gasteiger partial charge in [0.2, 0.25) is 5.91 Å². The summed E-state index contributed by atoms with van der Waals surface area (Å²) in [5.41, 5.74) is 0. The Balaban J connectivity index is 1.91. The number of piperazine rings is 1. The Bertz CT molecular complexity index is 257. The monoisotopic (exact) mass is 225 g/mol. The molecule has 0 aliphatic carbocycles. The van der Waals surface area contributed by atoms with Crippen molar-refractivity contribution in [2.24, 2.45) is 0 Å². The summed E-state index contributed by atoms with van der Waals surface area (Å²) >= 11 is 0. The van der Waals surface area contributed by atoms with E-state index in [1.54, 1.807) is 0 Å². The van der Waals surface area contributed by atoms with Crippen molar-refractivity contribution in [3.63, 3.8) is 0 Å². The standard InChI is InChI=1S/C12H23N3O/c1-10-8-14-7-3-4-11(14)9-15(10)12(16)5-6-13-2/h10-11,13H,3-9H2,1-2H3. The predicted molar refractivity (Wildman–Crippen MR) is 64.3 cm³/mol. The van der Waals surface area contributed by atoms with Gasteiger partial charge in [-0.25, -0.2) is 0 Å². The second-order valence-electron chi connectivity index (χ2n) is 5.04. The van der Waals surface area contributed by atoms with Gasteiger partial charge in [-0.05, 0) is 33.4 Å². The van der Waals surface area contributed by atoms with Crippen LogP contribution in [0.5, 0.6) is 0 Å². The SMILES string of the molecule is CNCCC(=O)N1CC2CCCN2CC1C. The quantitative estimate of drug-likeness (QED) is 0.750. The van der Waals surface area contributed by atoms with Crippen molar-refractivity contribution in [3.05, 3.63) is 0 Å². The van der Waals surface area contributed by atoms with Crippen LogP contribution in [-0.2, 0) is 4.79 Å². The summed E-state index contributed by atoms with van der Waals surface area (Å²) in [5, 5.41) is 3.04. The summed E-state index contributed by atoms with van der Waals surface area (Å²) in [4.78, 5) is 16.7. The molecule has 2 rings (SSSR count). The van der Waals surface area contributed by atoms with Gasteiger partial charge in [0.25, 0.3) is 0 Å². The van der Waals surface area contributed by atoms with Crippen LogP contribution in [-0.4, -0.2) is 61.0 Å². The number of amides is 1. The van der Waals surface area contributed by atoms with E-state index in [0.29, 0.717) is 24.4 Å². The van der Waals surface area contributed by atoms with E-state index < -0.39 is 0 Å². The molecular formula is C12H23N3O. The summed E-state index contributed by atoms with van der Waals surface area (Å²) in [5.74, 6) is 0.313. The molecule has 92 valence electrons. The molecule has 4 nitrogen and oxygen atoms in total. The maximum Gasteiger partial charge on any atom is 0.224 e. The Labute approximate surface area is 98.0 Å². The van der Waals surface area contributed by atoms with Gasteiger partial charge in [0, 0.05) is 38.1 Å². The molecule has 0 radical (unpaired) electrons. The van der Waals surface area contributed by atoms with Crippen LogP contribution in [0.25, 0.3) is 0 Å². The number of hydrogen-bond acceptors (Lipinski definition) is 3. The maximum absolute atomic E-state index is 12.0. The van der Waals surface area contributed by atoms with E-state index in [-0.39, 0.29) is 0 Å². The van der Waals surface area contributed by atoms with E-state index in [4.69, 9.17) is 0 Å². The topological polar surface area (TPSA) is 35.6 Å². The van der Waals surface area contributed by atoms with Gasteiger partial charge in [0.1, 0.15) is 0 Å². The van der Waals surface area contributed by atoms with Crippen LogP contribution in [0.3, 0.4) is 0 Å². The van der Waals surface area contributed by atoms with Crippen LogP contribution in [0.2, 0.25) is 0 Å². The first-order valence-corrected chi connectivity index (χ1v) is 6.40. The highest BCUT2D eigenvalue weighted by Crippen LogP contribution is 2.24. The smallest absolute Gasteiger partial charge is 0.224 e. The molecule has 2 atom stereocenters. The van der Waals surface area contributed by atoms with Gasteiger partial charge in [-0.2, -0.15) is 0 Å². The molecule has 2 heterocycles.